The van der Waals surface area contributed by atoms with Crippen LogP contribution in [0.1, 0.15) is 139 Å². The fourth-order valence-electron chi connectivity index (χ4n) is 9.00. The molecule has 0 saturated carbocycles. The van der Waals surface area contributed by atoms with Gasteiger partial charge in [0.25, 0.3) is 0 Å². The lowest BCUT2D eigenvalue weighted by Crippen LogP contribution is -2.17. The first kappa shape index (κ1) is 46.1. The minimum atomic E-state index is -0.0942. The lowest BCUT2D eigenvalue weighted by molar-refractivity contribution is 0.567. The van der Waals surface area contributed by atoms with Crippen molar-refractivity contribution in [3.8, 4) is 23.7 Å². The SMILES string of the molecule is CN(C)c1ccc(C#CC2=C(c3cc(C(C)(C)C)cc(C(C)(C)C)c3)C3=C(C#Cc4ccc(N(C)C)cc4)c4cc5ccccc5cc4C3=C2c2cc(C(C)(C)C)cc(C(C)(C)C)c2)cc1. The Labute approximate surface area is 397 Å². The van der Waals surface area contributed by atoms with Crippen LogP contribution in [0.4, 0.5) is 11.4 Å². The van der Waals surface area contributed by atoms with Gasteiger partial charge in [0.1, 0.15) is 0 Å². The molecule has 0 radical (unpaired) electrons. The van der Waals surface area contributed by atoms with Crippen molar-refractivity contribution < 1.29 is 0 Å². The van der Waals surface area contributed by atoms with Gasteiger partial charge in [0.15, 0.2) is 0 Å². The summed E-state index contributed by atoms with van der Waals surface area (Å²) in [5.74, 6) is 15.3. The highest BCUT2D eigenvalue weighted by atomic mass is 15.1. The van der Waals surface area contributed by atoms with E-state index in [0.717, 1.165) is 39.2 Å². The number of anilines is 2. The van der Waals surface area contributed by atoms with Gasteiger partial charge in [0.2, 0.25) is 0 Å². The topological polar surface area (TPSA) is 6.48 Å². The third-order valence-electron chi connectivity index (χ3n) is 13.3. The molecule has 6 aromatic rings. The number of fused-ring (bicyclic) bond motifs is 4. The Morgan fingerprint density at radius 1 is 0.333 bits per heavy atom. The standard InChI is InChI=1S/C64H68N2/c1-61(2,3)47-33-45(34-48(39-47)62(4,5)6)57-54(32-26-42-23-29-52(30-24-42)66(15)16)58(46-35-49(63(7,8)9)40-50(36-46)64(10,11)12)60-56-38-44-20-18-17-19-43(44)37-55(56)53(59(57)60)31-25-41-21-27-51(28-22-41)65(13)14/h17-24,27-30,33-40H,1-16H3. The van der Waals surface area contributed by atoms with Gasteiger partial charge in [-0.2, -0.15) is 0 Å². The zero-order valence-corrected chi connectivity index (χ0v) is 42.4. The third kappa shape index (κ3) is 9.05. The van der Waals surface area contributed by atoms with Crippen molar-refractivity contribution in [2.75, 3.05) is 38.0 Å². The van der Waals surface area contributed by atoms with Gasteiger partial charge >= 0.3 is 0 Å². The summed E-state index contributed by atoms with van der Waals surface area (Å²) in [5, 5.41) is 2.41. The van der Waals surface area contributed by atoms with Crippen LogP contribution >= 0.6 is 0 Å². The van der Waals surface area contributed by atoms with Gasteiger partial charge in [0, 0.05) is 84.1 Å². The van der Waals surface area contributed by atoms with Gasteiger partial charge in [-0.3, -0.25) is 0 Å². The molecule has 2 heteroatoms. The van der Waals surface area contributed by atoms with Gasteiger partial charge < -0.3 is 9.80 Å². The number of nitrogens with zero attached hydrogens (tertiary/aromatic N) is 2. The average Bonchev–Trinajstić information content (AvgIpc) is 3.74. The number of benzene rings is 6. The van der Waals surface area contributed by atoms with Crippen LogP contribution in [-0.2, 0) is 21.7 Å². The van der Waals surface area contributed by atoms with E-state index in [-0.39, 0.29) is 21.7 Å². The number of hydrogen-bond acceptors (Lipinski definition) is 2. The molecule has 0 unspecified atom stereocenters. The van der Waals surface area contributed by atoms with Crippen molar-refractivity contribution in [2.24, 2.45) is 0 Å². The summed E-state index contributed by atoms with van der Waals surface area (Å²) in [7, 11) is 8.31. The Morgan fingerprint density at radius 2 is 0.697 bits per heavy atom. The molecule has 2 aliphatic carbocycles. The minimum Gasteiger partial charge on any atom is -0.378 e. The summed E-state index contributed by atoms with van der Waals surface area (Å²) in [6.07, 6.45) is 0. The predicted octanol–water partition coefficient (Wildman–Crippen LogP) is 15.4. The molecule has 8 rings (SSSR count). The second-order valence-corrected chi connectivity index (χ2v) is 23.0. The van der Waals surface area contributed by atoms with Crippen LogP contribution in [-0.4, -0.2) is 28.2 Å². The van der Waals surface area contributed by atoms with Crippen LogP contribution in [0.25, 0.3) is 33.1 Å². The fourth-order valence-corrected chi connectivity index (χ4v) is 9.00. The Morgan fingerprint density at radius 3 is 1.08 bits per heavy atom. The second-order valence-electron chi connectivity index (χ2n) is 23.0. The van der Waals surface area contributed by atoms with Crippen LogP contribution in [0, 0.1) is 23.7 Å². The minimum absolute atomic E-state index is 0.0870. The van der Waals surface area contributed by atoms with Gasteiger partial charge in [-0.25, -0.2) is 0 Å². The summed E-state index contributed by atoms with van der Waals surface area (Å²) >= 11 is 0. The molecular formula is C64H68N2. The molecule has 0 aromatic heterocycles. The molecule has 0 spiro atoms. The molecule has 0 N–H and O–H groups in total. The maximum atomic E-state index is 3.96. The lowest BCUT2D eigenvalue weighted by Gasteiger charge is -2.27. The maximum Gasteiger partial charge on any atom is 0.0419 e. The van der Waals surface area contributed by atoms with Crippen LogP contribution in [0.3, 0.4) is 0 Å². The van der Waals surface area contributed by atoms with E-state index in [9.17, 15) is 0 Å². The summed E-state index contributed by atoms with van der Waals surface area (Å²) in [4.78, 5) is 4.26. The molecule has 2 aliphatic rings. The van der Waals surface area contributed by atoms with E-state index >= 15 is 0 Å². The molecule has 0 aliphatic heterocycles. The van der Waals surface area contributed by atoms with E-state index in [1.165, 1.54) is 72.0 Å². The molecule has 6 aromatic carbocycles. The molecular weight excluding hydrogens is 797 g/mol. The molecule has 2 nitrogen and oxygen atoms in total. The van der Waals surface area contributed by atoms with E-state index in [2.05, 4.69) is 266 Å². The summed E-state index contributed by atoms with van der Waals surface area (Å²) in [6, 6.07) is 45.4. The smallest absolute Gasteiger partial charge is 0.0419 e. The van der Waals surface area contributed by atoms with E-state index < -0.39 is 0 Å². The quantitative estimate of drug-likeness (QED) is 0.163. The van der Waals surface area contributed by atoms with Gasteiger partial charge in [-0.15, -0.1) is 0 Å². The molecule has 66 heavy (non-hydrogen) atoms. The van der Waals surface area contributed by atoms with Crippen LogP contribution < -0.4 is 9.80 Å². The first-order valence-corrected chi connectivity index (χ1v) is 23.6. The summed E-state index contributed by atoms with van der Waals surface area (Å²) in [5.41, 5.74) is 20.7. The van der Waals surface area contributed by atoms with Crippen molar-refractivity contribution in [1.29, 1.82) is 0 Å². The maximum absolute atomic E-state index is 3.96. The Kier molecular flexibility index (Phi) is 11.7. The largest absolute Gasteiger partial charge is 0.378 e. The van der Waals surface area contributed by atoms with Gasteiger partial charge in [-0.05, 0) is 138 Å². The van der Waals surface area contributed by atoms with Gasteiger partial charge in [0.05, 0.1) is 0 Å². The van der Waals surface area contributed by atoms with Crippen LogP contribution in [0.15, 0.2) is 132 Å². The average molecular weight is 865 g/mol. The fraction of sp³-hybridized carbons (Fsp3) is 0.312. The van der Waals surface area contributed by atoms with Crippen molar-refractivity contribution >= 4 is 44.4 Å². The first-order valence-electron chi connectivity index (χ1n) is 23.6. The predicted molar refractivity (Wildman–Crippen MR) is 288 cm³/mol. The molecule has 0 atom stereocenters. The highest BCUT2D eigenvalue weighted by molar-refractivity contribution is 6.30. The molecule has 0 bridgehead atoms. The van der Waals surface area contributed by atoms with Crippen molar-refractivity contribution in [2.45, 2.75) is 105 Å². The van der Waals surface area contributed by atoms with Crippen molar-refractivity contribution in [3.05, 3.63) is 188 Å². The first-order chi connectivity index (χ1) is 30.9. The lowest BCUT2D eigenvalue weighted by atomic mass is 9.77. The van der Waals surface area contributed by atoms with E-state index in [4.69, 9.17) is 0 Å². The summed E-state index contributed by atoms with van der Waals surface area (Å²) < 4.78 is 0. The number of allylic oxidation sites excluding steroid dienone is 6. The zero-order valence-electron chi connectivity index (χ0n) is 42.4. The Bertz CT molecular complexity index is 3060. The molecule has 0 saturated heterocycles. The van der Waals surface area contributed by atoms with E-state index in [1.54, 1.807) is 0 Å². The number of hydrogen-bond donors (Lipinski definition) is 0. The second kappa shape index (κ2) is 16.7. The monoisotopic (exact) mass is 865 g/mol. The van der Waals surface area contributed by atoms with Crippen LogP contribution in [0.5, 0.6) is 0 Å². The van der Waals surface area contributed by atoms with E-state index in [1.807, 2.05) is 0 Å². The zero-order chi connectivity index (χ0) is 47.7. The van der Waals surface area contributed by atoms with Crippen molar-refractivity contribution in [3.63, 3.8) is 0 Å². The third-order valence-corrected chi connectivity index (χ3v) is 13.3. The highest BCUT2D eigenvalue weighted by Crippen LogP contribution is 2.59. The molecule has 334 valence electrons. The van der Waals surface area contributed by atoms with E-state index in [0.29, 0.717) is 0 Å². The van der Waals surface area contributed by atoms with Gasteiger partial charge in [-0.1, -0.05) is 167 Å². The summed E-state index contributed by atoms with van der Waals surface area (Å²) in [6.45, 7) is 28.0. The molecule has 0 fully saturated rings. The Hall–Kier alpha value is -6.48. The Balaban J connectivity index is 1.59. The van der Waals surface area contributed by atoms with Crippen molar-refractivity contribution in [1.82, 2.24) is 0 Å². The normalized spacial score (nSPS) is 13.9. The van der Waals surface area contributed by atoms with Crippen LogP contribution in [0.2, 0.25) is 0 Å². The number of rotatable bonds is 4. The highest BCUT2D eigenvalue weighted by Gasteiger charge is 2.40. The molecule has 0 amide bonds. The molecule has 0 heterocycles.